The van der Waals surface area contributed by atoms with Crippen molar-refractivity contribution in [2.24, 2.45) is 0 Å². The molecule has 0 bridgehead atoms. The third-order valence-electron chi connectivity index (χ3n) is 2.22. The van der Waals surface area contributed by atoms with Crippen LogP contribution < -0.4 is 13.1 Å². The second kappa shape index (κ2) is 5.39. The molecule has 0 amide bonds. The summed E-state index contributed by atoms with van der Waals surface area (Å²) < 4.78 is 11.5. The number of benzene rings is 1. The van der Waals surface area contributed by atoms with Crippen molar-refractivity contribution >= 4 is 29.6 Å². The summed E-state index contributed by atoms with van der Waals surface area (Å²) in [5.41, 5.74) is 0.743. The second-order valence-corrected chi connectivity index (χ2v) is 10.7. The predicted molar refractivity (Wildman–Crippen MR) is 62.0 cm³/mol. The number of methoxy groups -OCH3 is 2. The number of carbonyl (C=O) groups excluding carboxylic acids is 1. The van der Waals surface area contributed by atoms with E-state index < -0.39 is 19.8 Å². The molecule has 4 heteroatoms. The molecular weight excluding hydrogens is 299 g/mol. The molecule has 0 saturated heterocycles. The summed E-state index contributed by atoms with van der Waals surface area (Å²) in [6.07, 6.45) is 0.894. The Bertz CT molecular complexity index is 361. The summed E-state index contributed by atoms with van der Waals surface area (Å²) in [5, 5.41) is 0. The minimum absolute atomic E-state index is 0.619. The van der Waals surface area contributed by atoms with Crippen LogP contribution in [0.25, 0.3) is 0 Å². The molecule has 15 heavy (non-hydrogen) atoms. The molecule has 1 aromatic carbocycles. The van der Waals surface area contributed by atoms with Gasteiger partial charge in [-0.25, -0.2) is 0 Å². The normalized spacial score (nSPS) is 10.2. The van der Waals surface area contributed by atoms with Crippen LogP contribution in [-0.4, -0.2) is 40.3 Å². The van der Waals surface area contributed by atoms with Crippen LogP contribution in [-0.2, 0) is 0 Å². The van der Waals surface area contributed by atoms with Gasteiger partial charge in [-0.1, -0.05) is 0 Å². The van der Waals surface area contributed by atoms with E-state index in [4.69, 9.17) is 9.47 Å². The molecular formula is C11H15O3Sn. The molecule has 0 unspecified atom stereocenters. The average Bonchev–Trinajstić information content (AvgIpc) is 2.26. The van der Waals surface area contributed by atoms with Crippen LogP contribution in [0.15, 0.2) is 12.1 Å². The first-order valence-electron chi connectivity index (χ1n) is 4.65. The Morgan fingerprint density at radius 3 is 2.07 bits per heavy atom. The Morgan fingerprint density at radius 2 is 1.67 bits per heavy atom. The molecule has 0 aliphatic rings. The van der Waals surface area contributed by atoms with E-state index >= 15 is 0 Å². The van der Waals surface area contributed by atoms with Gasteiger partial charge >= 0.3 is 97.2 Å². The first-order valence-corrected chi connectivity index (χ1v) is 11.8. The Hall–Kier alpha value is -0.711. The standard InChI is InChI=1S/C9H9O3.2CH3.Sn/c1-11-8-4-3-7(6-10)5-9(8)12-2;;;/h4-6H,1-2H3;2*1H3;. The Kier molecular flexibility index (Phi) is 4.44. The first kappa shape index (κ1) is 12.4. The second-order valence-electron chi connectivity index (χ2n) is 3.41. The molecule has 0 aromatic heterocycles. The van der Waals surface area contributed by atoms with E-state index in [1.54, 1.807) is 20.3 Å². The van der Waals surface area contributed by atoms with Gasteiger partial charge in [-0.2, -0.15) is 0 Å². The minimum atomic E-state index is -1.57. The molecule has 1 radical (unpaired) electrons. The van der Waals surface area contributed by atoms with Crippen LogP contribution in [0.3, 0.4) is 0 Å². The van der Waals surface area contributed by atoms with Gasteiger partial charge < -0.3 is 0 Å². The fourth-order valence-electron chi connectivity index (χ4n) is 1.43. The Labute approximate surface area is 97.1 Å². The van der Waals surface area contributed by atoms with Crippen molar-refractivity contribution in [2.75, 3.05) is 14.2 Å². The summed E-state index contributed by atoms with van der Waals surface area (Å²) in [6, 6.07) is 3.70. The number of carbonyl (C=O) groups is 1. The van der Waals surface area contributed by atoms with Gasteiger partial charge in [-0.3, -0.25) is 0 Å². The third kappa shape index (κ3) is 2.65. The number of ether oxygens (including phenoxy) is 2. The molecule has 81 valence electrons. The molecule has 0 fully saturated rings. The molecule has 0 atom stereocenters. The summed E-state index contributed by atoms with van der Waals surface area (Å²) >= 11 is -1.57. The quantitative estimate of drug-likeness (QED) is 0.624. The molecule has 3 nitrogen and oxygen atoms in total. The van der Waals surface area contributed by atoms with Gasteiger partial charge in [0.1, 0.15) is 0 Å². The van der Waals surface area contributed by atoms with Crippen molar-refractivity contribution in [3.8, 4) is 11.5 Å². The van der Waals surface area contributed by atoms with Crippen LogP contribution in [0.4, 0.5) is 0 Å². The predicted octanol–water partition coefficient (Wildman–Crippen LogP) is 1.48. The van der Waals surface area contributed by atoms with Crippen molar-refractivity contribution in [1.29, 1.82) is 0 Å². The average molecular weight is 314 g/mol. The van der Waals surface area contributed by atoms with E-state index in [0.717, 1.165) is 11.8 Å². The van der Waals surface area contributed by atoms with Crippen molar-refractivity contribution in [3.63, 3.8) is 0 Å². The van der Waals surface area contributed by atoms with Gasteiger partial charge in [0.15, 0.2) is 0 Å². The monoisotopic (exact) mass is 315 g/mol. The van der Waals surface area contributed by atoms with E-state index in [2.05, 4.69) is 9.88 Å². The number of aldehydes is 1. The molecule has 0 heterocycles. The Balaban J connectivity index is 3.34. The van der Waals surface area contributed by atoms with E-state index in [1.807, 2.05) is 6.07 Å². The van der Waals surface area contributed by atoms with Gasteiger partial charge in [-0.05, 0) is 0 Å². The van der Waals surface area contributed by atoms with Gasteiger partial charge in [0, 0.05) is 0 Å². The summed E-state index contributed by atoms with van der Waals surface area (Å²) in [7, 11) is 3.18. The van der Waals surface area contributed by atoms with Crippen molar-refractivity contribution in [2.45, 2.75) is 9.88 Å². The SMILES string of the molecule is COc1cc(C=O)[c]([Sn]([CH3])[CH3])cc1OC. The molecule has 1 rings (SSSR count). The number of hydrogen-bond acceptors (Lipinski definition) is 3. The first-order chi connectivity index (χ1) is 7.13. The molecule has 0 N–H and O–H groups in total. The summed E-state index contributed by atoms with van der Waals surface area (Å²) in [6.45, 7) is 0. The number of hydrogen-bond donors (Lipinski definition) is 0. The molecule has 0 aliphatic heterocycles. The maximum absolute atomic E-state index is 10.9. The van der Waals surface area contributed by atoms with Crippen molar-refractivity contribution < 1.29 is 14.3 Å². The van der Waals surface area contributed by atoms with Crippen LogP contribution in [0.1, 0.15) is 10.4 Å². The summed E-state index contributed by atoms with van der Waals surface area (Å²) in [4.78, 5) is 15.4. The topological polar surface area (TPSA) is 35.5 Å². The van der Waals surface area contributed by atoms with Crippen LogP contribution in [0.2, 0.25) is 9.88 Å². The van der Waals surface area contributed by atoms with Gasteiger partial charge in [0.25, 0.3) is 0 Å². The van der Waals surface area contributed by atoms with Crippen LogP contribution in [0.5, 0.6) is 11.5 Å². The fraction of sp³-hybridized carbons (Fsp3) is 0.364. The third-order valence-corrected chi connectivity index (χ3v) is 6.53. The van der Waals surface area contributed by atoms with E-state index in [0.29, 0.717) is 11.5 Å². The van der Waals surface area contributed by atoms with Gasteiger partial charge in [-0.15, -0.1) is 0 Å². The zero-order chi connectivity index (χ0) is 11.4. The molecule has 1 aromatic rings. The molecule has 0 spiro atoms. The number of rotatable bonds is 4. The van der Waals surface area contributed by atoms with E-state index in [9.17, 15) is 4.79 Å². The fourth-order valence-corrected chi connectivity index (χ4v) is 4.65. The molecule has 0 saturated carbocycles. The van der Waals surface area contributed by atoms with Gasteiger partial charge in [0.05, 0.1) is 0 Å². The van der Waals surface area contributed by atoms with Gasteiger partial charge in [0.2, 0.25) is 0 Å². The zero-order valence-electron chi connectivity index (χ0n) is 9.46. The summed E-state index contributed by atoms with van der Waals surface area (Å²) in [5.74, 6) is 1.33. The van der Waals surface area contributed by atoms with Crippen LogP contribution >= 0.6 is 0 Å². The van der Waals surface area contributed by atoms with Crippen molar-refractivity contribution in [3.05, 3.63) is 17.7 Å². The molecule has 0 aliphatic carbocycles. The van der Waals surface area contributed by atoms with Crippen LogP contribution in [0, 0.1) is 0 Å². The zero-order valence-corrected chi connectivity index (χ0v) is 12.3. The van der Waals surface area contributed by atoms with Crippen molar-refractivity contribution in [1.82, 2.24) is 0 Å². The Morgan fingerprint density at radius 1 is 1.13 bits per heavy atom. The van der Waals surface area contributed by atoms with E-state index in [-0.39, 0.29) is 0 Å². The maximum atomic E-state index is 10.9. The van der Waals surface area contributed by atoms with E-state index in [1.165, 1.54) is 3.58 Å².